The van der Waals surface area contributed by atoms with Crippen molar-refractivity contribution in [3.05, 3.63) is 29.6 Å². The van der Waals surface area contributed by atoms with Gasteiger partial charge in [-0.3, -0.25) is 15.0 Å². The first-order valence-corrected chi connectivity index (χ1v) is 7.61. The zero-order valence-corrected chi connectivity index (χ0v) is 14.2. The molecule has 134 valence electrons. The predicted octanol–water partition coefficient (Wildman–Crippen LogP) is 1.13. The van der Waals surface area contributed by atoms with Crippen molar-refractivity contribution in [2.75, 3.05) is 40.5 Å². The molecule has 7 nitrogen and oxygen atoms in total. The van der Waals surface area contributed by atoms with E-state index in [2.05, 4.69) is 10.6 Å². The summed E-state index contributed by atoms with van der Waals surface area (Å²) in [5.74, 6) is -0.707. The van der Waals surface area contributed by atoms with Gasteiger partial charge in [-0.2, -0.15) is 0 Å². The van der Waals surface area contributed by atoms with Crippen LogP contribution < -0.4 is 15.4 Å². The van der Waals surface area contributed by atoms with Crippen molar-refractivity contribution in [1.82, 2.24) is 15.5 Å². The number of imide groups is 1. The second-order valence-corrected chi connectivity index (χ2v) is 5.07. The van der Waals surface area contributed by atoms with Crippen molar-refractivity contribution in [2.24, 2.45) is 0 Å². The highest BCUT2D eigenvalue weighted by molar-refractivity contribution is 5.95. The Morgan fingerprint density at radius 1 is 1.29 bits per heavy atom. The summed E-state index contributed by atoms with van der Waals surface area (Å²) >= 11 is 0. The fourth-order valence-corrected chi connectivity index (χ4v) is 2.03. The number of rotatable bonds is 9. The van der Waals surface area contributed by atoms with E-state index in [0.29, 0.717) is 31.8 Å². The van der Waals surface area contributed by atoms with E-state index in [1.54, 1.807) is 17.0 Å². The van der Waals surface area contributed by atoms with Gasteiger partial charge in [-0.15, -0.1) is 0 Å². The summed E-state index contributed by atoms with van der Waals surface area (Å²) in [6.45, 7) is 3.56. The molecule has 0 bridgehead atoms. The Kier molecular flexibility index (Phi) is 8.74. The largest absolute Gasteiger partial charge is 0.494 e. The highest BCUT2D eigenvalue weighted by Gasteiger charge is 2.13. The number of carbonyl (C=O) groups is 2. The van der Waals surface area contributed by atoms with E-state index < -0.39 is 17.8 Å². The molecule has 0 aliphatic heterocycles. The molecule has 24 heavy (non-hydrogen) atoms. The molecule has 0 unspecified atom stereocenters. The Balaban J connectivity index is 2.50. The smallest absolute Gasteiger partial charge is 0.321 e. The summed E-state index contributed by atoms with van der Waals surface area (Å²) in [5.41, 5.74) is 0.715. The van der Waals surface area contributed by atoms with Gasteiger partial charge in [0, 0.05) is 20.2 Å². The molecule has 0 saturated heterocycles. The maximum Gasteiger partial charge on any atom is 0.321 e. The van der Waals surface area contributed by atoms with Crippen LogP contribution in [0.5, 0.6) is 5.75 Å². The highest BCUT2D eigenvalue weighted by Crippen LogP contribution is 2.18. The number of benzene rings is 1. The minimum absolute atomic E-state index is 0.0296. The number of methoxy groups -OCH3 is 2. The molecule has 0 saturated carbocycles. The van der Waals surface area contributed by atoms with Crippen LogP contribution in [0.3, 0.4) is 0 Å². The van der Waals surface area contributed by atoms with Crippen molar-refractivity contribution in [2.45, 2.75) is 13.5 Å². The van der Waals surface area contributed by atoms with Crippen molar-refractivity contribution >= 4 is 11.9 Å². The van der Waals surface area contributed by atoms with Crippen LogP contribution in [0.25, 0.3) is 0 Å². The van der Waals surface area contributed by atoms with Gasteiger partial charge in [0.15, 0.2) is 11.6 Å². The summed E-state index contributed by atoms with van der Waals surface area (Å²) in [4.78, 5) is 25.2. The third kappa shape index (κ3) is 6.93. The Hall–Kier alpha value is -2.19. The van der Waals surface area contributed by atoms with Gasteiger partial charge < -0.3 is 14.8 Å². The van der Waals surface area contributed by atoms with Gasteiger partial charge in [-0.25, -0.2) is 9.18 Å². The van der Waals surface area contributed by atoms with Gasteiger partial charge in [0.05, 0.1) is 20.3 Å². The standard InChI is InChI=1S/C16H24FN3O4/c1-4-20(10-12-5-6-14(24-3)13(17)9-12)11-15(21)19-16(22)18-7-8-23-2/h5-6,9H,4,7-8,10-11H2,1-3H3,(H2,18,19,21,22). The van der Waals surface area contributed by atoms with Crippen molar-refractivity contribution in [3.8, 4) is 5.75 Å². The molecule has 1 aromatic carbocycles. The second kappa shape index (κ2) is 10.6. The minimum atomic E-state index is -0.566. The molecular formula is C16H24FN3O4. The van der Waals surface area contributed by atoms with Crippen molar-refractivity contribution in [3.63, 3.8) is 0 Å². The van der Waals surface area contributed by atoms with Crippen LogP contribution in [0.15, 0.2) is 18.2 Å². The van der Waals surface area contributed by atoms with Crippen LogP contribution in [0.4, 0.5) is 9.18 Å². The van der Waals surface area contributed by atoms with Crippen LogP contribution in [-0.4, -0.2) is 57.3 Å². The molecular weight excluding hydrogens is 317 g/mol. The quantitative estimate of drug-likeness (QED) is 0.658. The Morgan fingerprint density at radius 2 is 2.04 bits per heavy atom. The zero-order valence-electron chi connectivity index (χ0n) is 14.2. The summed E-state index contributed by atoms with van der Waals surface area (Å²) in [7, 11) is 2.92. The van der Waals surface area contributed by atoms with Crippen LogP contribution in [-0.2, 0) is 16.1 Å². The molecule has 0 spiro atoms. The molecule has 0 heterocycles. The number of carbonyl (C=O) groups excluding carboxylic acids is 2. The molecule has 1 rings (SSSR count). The number of urea groups is 1. The fourth-order valence-electron chi connectivity index (χ4n) is 2.03. The molecule has 0 aliphatic carbocycles. The molecule has 3 amide bonds. The van der Waals surface area contributed by atoms with Crippen molar-refractivity contribution < 1.29 is 23.5 Å². The summed E-state index contributed by atoms with van der Waals surface area (Å²) < 4.78 is 23.4. The van der Waals surface area contributed by atoms with Crippen LogP contribution in [0.2, 0.25) is 0 Å². The van der Waals surface area contributed by atoms with E-state index in [9.17, 15) is 14.0 Å². The molecule has 2 N–H and O–H groups in total. The number of hydrogen-bond acceptors (Lipinski definition) is 5. The zero-order chi connectivity index (χ0) is 17.9. The van der Waals surface area contributed by atoms with Crippen LogP contribution >= 0.6 is 0 Å². The van der Waals surface area contributed by atoms with Crippen LogP contribution in [0, 0.1) is 5.82 Å². The first-order valence-electron chi connectivity index (χ1n) is 7.61. The van der Waals surface area contributed by atoms with Gasteiger partial charge in [0.2, 0.25) is 5.91 Å². The van der Waals surface area contributed by atoms with E-state index >= 15 is 0 Å². The predicted molar refractivity (Wildman–Crippen MR) is 87.3 cm³/mol. The van der Waals surface area contributed by atoms with E-state index in [0.717, 1.165) is 0 Å². The number of hydrogen-bond donors (Lipinski definition) is 2. The topological polar surface area (TPSA) is 79.9 Å². The number of likely N-dealkylation sites (N-methyl/N-ethyl adjacent to an activating group) is 1. The minimum Gasteiger partial charge on any atom is -0.494 e. The van der Waals surface area contributed by atoms with Crippen LogP contribution in [0.1, 0.15) is 12.5 Å². The molecule has 0 fully saturated rings. The number of nitrogens with one attached hydrogen (secondary N) is 2. The lowest BCUT2D eigenvalue weighted by molar-refractivity contribution is -0.121. The molecule has 0 aliphatic rings. The van der Waals surface area contributed by atoms with E-state index in [4.69, 9.17) is 9.47 Å². The normalized spacial score (nSPS) is 10.5. The Morgan fingerprint density at radius 3 is 2.62 bits per heavy atom. The second-order valence-electron chi connectivity index (χ2n) is 5.07. The average Bonchev–Trinajstić information content (AvgIpc) is 2.54. The van der Waals surface area contributed by atoms with E-state index in [1.807, 2.05) is 6.92 Å². The lowest BCUT2D eigenvalue weighted by Crippen LogP contribution is -2.45. The fraction of sp³-hybridized carbons (Fsp3) is 0.500. The maximum atomic E-state index is 13.7. The molecule has 0 aromatic heterocycles. The molecule has 0 atom stereocenters. The summed E-state index contributed by atoms with van der Waals surface area (Å²) in [6.07, 6.45) is 0. The van der Waals surface area contributed by atoms with Gasteiger partial charge in [0.1, 0.15) is 0 Å². The molecule has 1 aromatic rings. The Labute approximate surface area is 141 Å². The first kappa shape index (κ1) is 19.9. The third-order valence-corrected chi connectivity index (χ3v) is 3.28. The highest BCUT2D eigenvalue weighted by atomic mass is 19.1. The maximum absolute atomic E-state index is 13.7. The van der Waals surface area contributed by atoms with Gasteiger partial charge in [-0.1, -0.05) is 13.0 Å². The summed E-state index contributed by atoms with van der Waals surface area (Å²) in [5, 5.41) is 4.74. The SMILES string of the molecule is CCN(CC(=O)NC(=O)NCCOC)Cc1ccc(OC)c(F)c1. The monoisotopic (exact) mass is 341 g/mol. The molecule has 0 radical (unpaired) electrons. The average molecular weight is 341 g/mol. The van der Waals surface area contributed by atoms with E-state index in [1.165, 1.54) is 20.3 Å². The lowest BCUT2D eigenvalue weighted by atomic mass is 10.2. The molecule has 8 heteroatoms. The lowest BCUT2D eigenvalue weighted by Gasteiger charge is -2.20. The number of ether oxygens (including phenoxy) is 2. The van der Waals surface area contributed by atoms with Crippen molar-refractivity contribution in [1.29, 1.82) is 0 Å². The number of halogens is 1. The summed E-state index contributed by atoms with van der Waals surface area (Å²) in [6, 6.07) is 4.09. The third-order valence-electron chi connectivity index (χ3n) is 3.28. The van der Waals surface area contributed by atoms with Gasteiger partial charge in [0.25, 0.3) is 0 Å². The van der Waals surface area contributed by atoms with Gasteiger partial charge >= 0.3 is 6.03 Å². The van der Waals surface area contributed by atoms with Gasteiger partial charge in [-0.05, 0) is 24.2 Å². The first-order chi connectivity index (χ1) is 11.5. The number of nitrogens with zero attached hydrogens (tertiary/aromatic N) is 1. The number of amides is 3. The Bertz CT molecular complexity index is 554. The van der Waals surface area contributed by atoms with E-state index in [-0.39, 0.29) is 12.3 Å².